The van der Waals surface area contributed by atoms with Crippen LogP contribution in [0, 0.1) is 4.91 Å². The molecule has 0 N–H and O–H groups in total. The molecule has 0 spiro atoms. The fourth-order valence-corrected chi connectivity index (χ4v) is 0.356. The summed E-state index contributed by atoms with van der Waals surface area (Å²) in [4.78, 5) is 9.47. The lowest BCUT2D eigenvalue weighted by Gasteiger charge is -2.01. The quantitative estimate of drug-likeness (QED) is 0.441. The minimum absolute atomic E-state index is 0.718. The van der Waals surface area contributed by atoms with Gasteiger partial charge in [0.05, 0.1) is 5.70 Å². The molecule has 32 valence electrons. The van der Waals surface area contributed by atoms with Crippen molar-refractivity contribution in [1.82, 2.24) is 0 Å². The highest BCUT2D eigenvalue weighted by atomic mass is 16.3. The summed E-state index contributed by atoms with van der Waals surface area (Å²) in [6.07, 6.45) is 3.78. The number of nitroso groups, excluding NO2 is 1. The summed E-state index contributed by atoms with van der Waals surface area (Å²) < 4.78 is 0. The summed E-state index contributed by atoms with van der Waals surface area (Å²) in [7, 11) is 0. The maximum atomic E-state index is 9.47. The molecule has 2 nitrogen and oxygen atoms in total. The number of rotatable bonds is 1. The Bertz CT molecular complexity index is 95.7. The molecule has 1 aliphatic rings. The fourth-order valence-electron chi connectivity index (χ4n) is 0.356. The molecule has 0 atom stereocenters. The highest BCUT2D eigenvalue weighted by molar-refractivity contribution is 5.09. The van der Waals surface area contributed by atoms with E-state index in [1.54, 1.807) is 0 Å². The molecule has 0 aromatic heterocycles. The van der Waals surface area contributed by atoms with Crippen LogP contribution in [0.3, 0.4) is 0 Å². The lowest BCUT2D eigenvalue weighted by molar-refractivity contribution is 0.854. The highest BCUT2D eigenvalue weighted by Gasteiger charge is 2.02. The second-order valence-electron chi connectivity index (χ2n) is 1.33. The van der Waals surface area contributed by atoms with E-state index in [9.17, 15) is 4.91 Å². The van der Waals surface area contributed by atoms with Gasteiger partial charge in [-0.2, -0.15) is 0 Å². The average molecular weight is 83.1 g/mol. The number of hydrogen-bond donors (Lipinski definition) is 0. The summed E-state index contributed by atoms with van der Waals surface area (Å²) in [6.45, 7) is 0. The molecule has 2 heteroatoms. The Morgan fingerprint density at radius 1 is 1.83 bits per heavy atom. The van der Waals surface area contributed by atoms with Crippen LogP contribution in [-0.4, -0.2) is 0 Å². The van der Waals surface area contributed by atoms with Crippen molar-refractivity contribution in [2.24, 2.45) is 5.18 Å². The first kappa shape index (κ1) is 3.53. The summed E-state index contributed by atoms with van der Waals surface area (Å²) >= 11 is 0. The lowest BCUT2D eigenvalue weighted by atomic mass is 10.1. The molecule has 0 aromatic carbocycles. The SMILES string of the molecule is O=NC1=CCC1. The summed E-state index contributed by atoms with van der Waals surface area (Å²) in [5, 5.41) is 2.70. The Morgan fingerprint density at radius 2 is 2.50 bits per heavy atom. The van der Waals surface area contributed by atoms with E-state index >= 15 is 0 Å². The molecule has 0 bridgehead atoms. The third kappa shape index (κ3) is 0.339. The largest absolute Gasteiger partial charge is 0.145 e. The first-order chi connectivity index (χ1) is 2.93. The van der Waals surface area contributed by atoms with Gasteiger partial charge in [0.2, 0.25) is 0 Å². The van der Waals surface area contributed by atoms with E-state index in [0.717, 1.165) is 18.5 Å². The Labute approximate surface area is 35.8 Å². The third-order valence-electron chi connectivity index (χ3n) is 0.898. The maximum absolute atomic E-state index is 9.47. The number of allylic oxidation sites excluding steroid dienone is 2. The Hall–Kier alpha value is -0.660. The van der Waals surface area contributed by atoms with Crippen molar-refractivity contribution in [3.8, 4) is 0 Å². The van der Waals surface area contributed by atoms with Crippen molar-refractivity contribution in [2.45, 2.75) is 12.8 Å². The molecule has 1 rings (SSSR count). The standard InChI is InChI=1S/C4H5NO/c6-5-4-2-1-3-4/h2H,1,3H2. The zero-order valence-electron chi connectivity index (χ0n) is 3.35. The molecule has 0 fully saturated rings. The van der Waals surface area contributed by atoms with Gasteiger partial charge in [0.1, 0.15) is 0 Å². The van der Waals surface area contributed by atoms with E-state index in [1.165, 1.54) is 0 Å². The van der Waals surface area contributed by atoms with Crippen molar-refractivity contribution in [1.29, 1.82) is 0 Å². The van der Waals surface area contributed by atoms with Gasteiger partial charge in [0.15, 0.2) is 0 Å². The van der Waals surface area contributed by atoms with Gasteiger partial charge in [-0.15, -0.1) is 4.91 Å². The monoisotopic (exact) mass is 83.0 g/mol. The van der Waals surface area contributed by atoms with Crippen LogP contribution in [0.2, 0.25) is 0 Å². The molecule has 0 saturated heterocycles. The predicted octanol–water partition coefficient (Wildman–Crippen LogP) is 1.43. The van der Waals surface area contributed by atoms with Crippen molar-refractivity contribution in [3.63, 3.8) is 0 Å². The normalized spacial score (nSPS) is 18.3. The topological polar surface area (TPSA) is 29.4 Å². The zero-order chi connectivity index (χ0) is 4.41. The molecule has 0 aromatic rings. The van der Waals surface area contributed by atoms with Crippen LogP contribution < -0.4 is 0 Å². The van der Waals surface area contributed by atoms with Crippen molar-refractivity contribution >= 4 is 0 Å². The molecule has 0 aliphatic heterocycles. The van der Waals surface area contributed by atoms with Crippen LogP contribution in [0.5, 0.6) is 0 Å². The van der Waals surface area contributed by atoms with Crippen molar-refractivity contribution in [3.05, 3.63) is 16.7 Å². The fraction of sp³-hybridized carbons (Fsp3) is 0.500. The molecule has 6 heavy (non-hydrogen) atoms. The first-order valence-corrected chi connectivity index (χ1v) is 1.96. The maximum Gasteiger partial charge on any atom is 0.0812 e. The number of hydrogen-bond acceptors (Lipinski definition) is 2. The summed E-state index contributed by atoms with van der Waals surface area (Å²) in [5.74, 6) is 0. The van der Waals surface area contributed by atoms with E-state index in [2.05, 4.69) is 5.18 Å². The van der Waals surface area contributed by atoms with E-state index in [1.807, 2.05) is 6.08 Å². The van der Waals surface area contributed by atoms with Gasteiger partial charge >= 0.3 is 0 Å². The number of nitrogens with zero attached hydrogens (tertiary/aromatic N) is 1. The molecule has 0 unspecified atom stereocenters. The van der Waals surface area contributed by atoms with Gasteiger partial charge in [-0.25, -0.2) is 0 Å². The molecule has 0 radical (unpaired) electrons. The van der Waals surface area contributed by atoms with Crippen LogP contribution in [0.15, 0.2) is 16.9 Å². The summed E-state index contributed by atoms with van der Waals surface area (Å²) in [5.41, 5.74) is 0.718. The van der Waals surface area contributed by atoms with Crippen LogP contribution in [-0.2, 0) is 0 Å². The smallest absolute Gasteiger partial charge is 0.0812 e. The Kier molecular flexibility index (Phi) is 0.708. The van der Waals surface area contributed by atoms with Crippen molar-refractivity contribution < 1.29 is 0 Å². The molecule has 1 aliphatic carbocycles. The van der Waals surface area contributed by atoms with Gasteiger partial charge in [0, 0.05) is 0 Å². The van der Waals surface area contributed by atoms with Crippen LogP contribution in [0.1, 0.15) is 12.8 Å². The average Bonchev–Trinajstić information content (AvgIpc) is 1.31. The second-order valence-corrected chi connectivity index (χ2v) is 1.33. The van der Waals surface area contributed by atoms with Crippen LogP contribution in [0.25, 0.3) is 0 Å². The van der Waals surface area contributed by atoms with Crippen LogP contribution >= 0.6 is 0 Å². The second kappa shape index (κ2) is 1.20. The van der Waals surface area contributed by atoms with E-state index in [0.29, 0.717) is 0 Å². The van der Waals surface area contributed by atoms with E-state index < -0.39 is 0 Å². The molecular weight excluding hydrogens is 78.0 g/mol. The van der Waals surface area contributed by atoms with E-state index in [4.69, 9.17) is 0 Å². The van der Waals surface area contributed by atoms with Crippen molar-refractivity contribution in [2.75, 3.05) is 0 Å². The minimum Gasteiger partial charge on any atom is -0.145 e. The summed E-state index contributed by atoms with van der Waals surface area (Å²) in [6, 6.07) is 0. The lowest BCUT2D eigenvalue weighted by Crippen LogP contribution is -1.86. The van der Waals surface area contributed by atoms with Gasteiger partial charge in [-0.1, -0.05) is 6.08 Å². The molecular formula is C4H5NO. The van der Waals surface area contributed by atoms with Gasteiger partial charge in [-0.3, -0.25) is 0 Å². The predicted molar refractivity (Wildman–Crippen MR) is 23.1 cm³/mol. The molecule has 0 heterocycles. The zero-order valence-corrected chi connectivity index (χ0v) is 3.35. The first-order valence-electron chi connectivity index (χ1n) is 1.96. The third-order valence-corrected chi connectivity index (χ3v) is 0.898. The Morgan fingerprint density at radius 3 is 2.50 bits per heavy atom. The van der Waals surface area contributed by atoms with Gasteiger partial charge in [-0.05, 0) is 18.0 Å². The Balaban J connectivity index is 2.52. The molecule has 0 amide bonds. The van der Waals surface area contributed by atoms with Gasteiger partial charge in [0.25, 0.3) is 0 Å². The van der Waals surface area contributed by atoms with Gasteiger partial charge < -0.3 is 0 Å². The minimum atomic E-state index is 0.718. The molecule has 0 saturated carbocycles. The highest BCUT2D eigenvalue weighted by Crippen LogP contribution is 2.17. The van der Waals surface area contributed by atoms with E-state index in [-0.39, 0.29) is 0 Å². The van der Waals surface area contributed by atoms with Crippen LogP contribution in [0.4, 0.5) is 0 Å².